The summed E-state index contributed by atoms with van der Waals surface area (Å²) in [5, 5.41) is 5.47. The van der Waals surface area contributed by atoms with E-state index in [2.05, 4.69) is 103 Å². The third-order valence-electron chi connectivity index (χ3n) is 4.70. The van der Waals surface area contributed by atoms with Gasteiger partial charge in [0.05, 0.1) is 10.8 Å². The number of aromatic nitrogens is 1. The van der Waals surface area contributed by atoms with E-state index in [9.17, 15) is 0 Å². The first-order valence-corrected chi connectivity index (χ1v) is 12.6. The summed E-state index contributed by atoms with van der Waals surface area (Å²) in [5.74, 6) is 0. The molecular weight excluding hydrogens is 318 g/mol. The molecule has 0 fully saturated rings. The summed E-state index contributed by atoms with van der Waals surface area (Å²) in [5.41, 5.74) is 2.80. The predicted octanol–water partition coefficient (Wildman–Crippen LogP) is 5.69. The maximum atomic E-state index is 2.45. The second-order valence-electron chi connectivity index (χ2n) is 7.94. The second-order valence-corrected chi connectivity index (χ2v) is 13.4. The molecule has 25 heavy (non-hydrogen) atoms. The van der Waals surface area contributed by atoms with Crippen molar-refractivity contribution in [2.24, 2.45) is 0 Å². The molecule has 1 nitrogen and oxygen atoms in total. The van der Waals surface area contributed by atoms with Crippen LogP contribution in [0.25, 0.3) is 27.2 Å². The van der Waals surface area contributed by atoms with Crippen LogP contribution in [0.2, 0.25) is 19.6 Å². The van der Waals surface area contributed by atoms with Gasteiger partial charge >= 0.3 is 0 Å². The molecule has 3 aromatic carbocycles. The zero-order chi connectivity index (χ0) is 17.4. The molecule has 0 unspecified atom stereocenters. The highest BCUT2D eigenvalue weighted by Gasteiger charge is 2.23. The zero-order valence-electron chi connectivity index (χ0n) is 15.2. The van der Waals surface area contributed by atoms with E-state index in [0.717, 1.165) is 0 Å². The minimum Gasteiger partial charge on any atom is -0.166 e. The van der Waals surface area contributed by atoms with Crippen molar-refractivity contribution in [3.05, 3.63) is 84.7 Å². The quantitative estimate of drug-likeness (QED) is 0.256. The van der Waals surface area contributed by atoms with Crippen LogP contribution >= 0.6 is 0 Å². The molecule has 1 heterocycles. The van der Waals surface area contributed by atoms with Crippen molar-refractivity contribution in [2.75, 3.05) is 0 Å². The van der Waals surface area contributed by atoms with Crippen LogP contribution in [-0.2, 0) is 6.04 Å². The Kier molecular flexibility index (Phi) is 3.93. The standard InChI is InChI=1S/C23H24NSi/c1-25(2,3)17-22-18-11-5-7-13-20(18)23(24-15-9-4-10-16-24)21-14-8-6-12-19(21)22/h4-16H,17H2,1-3H3/q+1. The lowest BCUT2D eigenvalue weighted by molar-refractivity contribution is -0.592. The van der Waals surface area contributed by atoms with Gasteiger partial charge < -0.3 is 0 Å². The highest BCUT2D eigenvalue weighted by Crippen LogP contribution is 2.34. The molecule has 2 heteroatoms. The van der Waals surface area contributed by atoms with Gasteiger partial charge in [-0.05, 0) is 34.5 Å². The largest absolute Gasteiger partial charge is 0.226 e. The van der Waals surface area contributed by atoms with Crippen LogP contribution in [-0.4, -0.2) is 8.07 Å². The van der Waals surface area contributed by atoms with Crippen molar-refractivity contribution < 1.29 is 4.57 Å². The summed E-state index contributed by atoms with van der Waals surface area (Å²) in [7, 11) is -1.24. The Morgan fingerprint density at radius 2 is 1.12 bits per heavy atom. The van der Waals surface area contributed by atoms with Crippen molar-refractivity contribution in [1.29, 1.82) is 0 Å². The van der Waals surface area contributed by atoms with E-state index in [1.807, 2.05) is 0 Å². The van der Waals surface area contributed by atoms with E-state index in [1.54, 1.807) is 0 Å². The zero-order valence-corrected chi connectivity index (χ0v) is 16.2. The first-order valence-electron chi connectivity index (χ1n) is 8.94. The molecule has 0 aliphatic heterocycles. The van der Waals surface area contributed by atoms with Crippen molar-refractivity contribution in [2.45, 2.75) is 25.7 Å². The maximum absolute atomic E-state index is 2.45. The molecule has 0 amide bonds. The monoisotopic (exact) mass is 342 g/mol. The van der Waals surface area contributed by atoms with Crippen molar-refractivity contribution in [3.63, 3.8) is 0 Å². The SMILES string of the molecule is C[Si](C)(C)Cc1c2ccccc2c(-[n+]2ccccc2)c2ccccc12. The predicted molar refractivity (Wildman–Crippen MR) is 110 cm³/mol. The fourth-order valence-corrected chi connectivity index (χ4v) is 5.18. The first-order chi connectivity index (χ1) is 12.0. The molecule has 0 aliphatic carbocycles. The van der Waals surface area contributed by atoms with Gasteiger partial charge in [-0.25, -0.2) is 0 Å². The Morgan fingerprint density at radius 1 is 0.640 bits per heavy atom. The normalized spacial score (nSPS) is 12.0. The summed E-state index contributed by atoms with van der Waals surface area (Å²) in [6, 6.07) is 25.2. The molecule has 0 aliphatic rings. The molecule has 0 spiro atoms. The van der Waals surface area contributed by atoms with Crippen LogP contribution in [0.15, 0.2) is 79.1 Å². The van der Waals surface area contributed by atoms with Crippen molar-refractivity contribution in [1.82, 2.24) is 0 Å². The lowest BCUT2D eigenvalue weighted by atomic mass is 9.95. The third-order valence-corrected chi connectivity index (χ3v) is 6.11. The molecule has 1 aromatic heterocycles. The van der Waals surface area contributed by atoms with Gasteiger partial charge in [0, 0.05) is 20.2 Å². The number of nitrogens with zero attached hydrogens (tertiary/aromatic N) is 1. The van der Waals surface area contributed by atoms with E-state index < -0.39 is 8.07 Å². The van der Waals surface area contributed by atoms with E-state index in [-0.39, 0.29) is 0 Å². The van der Waals surface area contributed by atoms with Gasteiger partial charge in [-0.2, -0.15) is 4.57 Å². The minimum absolute atomic E-state index is 1.20. The highest BCUT2D eigenvalue weighted by molar-refractivity contribution is 6.75. The lowest BCUT2D eigenvalue weighted by Crippen LogP contribution is -2.30. The number of benzene rings is 3. The molecule has 0 atom stereocenters. The van der Waals surface area contributed by atoms with Gasteiger partial charge in [-0.1, -0.05) is 62.1 Å². The van der Waals surface area contributed by atoms with Gasteiger partial charge in [-0.3, -0.25) is 0 Å². The number of hydrogen-bond donors (Lipinski definition) is 0. The van der Waals surface area contributed by atoms with E-state index >= 15 is 0 Å². The minimum atomic E-state index is -1.24. The lowest BCUT2D eigenvalue weighted by Gasteiger charge is -2.20. The maximum Gasteiger partial charge on any atom is 0.226 e. The van der Waals surface area contributed by atoms with E-state index in [1.165, 1.54) is 38.8 Å². The fourth-order valence-electron chi connectivity index (χ4n) is 3.74. The van der Waals surface area contributed by atoms with Crippen LogP contribution in [0, 0.1) is 0 Å². The summed E-state index contributed by atoms with van der Waals surface area (Å²) in [6.45, 7) is 7.36. The molecule has 0 saturated heterocycles. The number of pyridine rings is 1. The van der Waals surface area contributed by atoms with Gasteiger partial charge in [0.15, 0.2) is 12.4 Å². The smallest absolute Gasteiger partial charge is 0.166 e. The van der Waals surface area contributed by atoms with Gasteiger partial charge in [0.2, 0.25) is 5.69 Å². The highest BCUT2D eigenvalue weighted by atomic mass is 28.3. The Morgan fingerprint density at radius 3 is 1.60 bits per heavy atom. The van der Waals surface area contributed by atoms with Crippen LogP contribution in [0.1, 0.15) is 5.56 Å². The number of hydrogen-bond acceptors (Lipinski definition) is 0. The summed E-state index contributed by atoms with van der Waals surface area (Å²) < 4.78 is 2.25. The average molecular weight is 343 g/mol. The molecular formula is C23H24NSi+. The van der Waals surface area contributed by atoms with Crippen LogP contribution in [0.4, 0.5) is 0 Å². The van der Waals surface area contributed by atoms with Gasteiger partial charge in [0.1, 0.15) is 0 Å². The third kappa shape index (κ3) is 2.98. The molecule has 0 saturated carbocycles. The van der Waals surface area contributed by atoms with Crippen LogP contribution in [0.5, 0.6) is 0 Å². The summed E-state index contributed by atoms with van der Waals surface area (Å²) >= 11 is 0. The van der Waals surface area contributed by atoms with Gasteiger partial charge in [-0.15, -0.1) is 0 Å². The molecule has 0 N–H and O–H groups in total. The van der Waals surface area contributed by atoms with Crippen molar-refractivity contribution in [3.8, 4) is 5.69 Å². The van der Waals surface area contributed by atoms with Crippen LogP contribution in [0.3, 0.4) is 0 Å². The Labute approximate surface area is 150 Å². The molecule has 4 aromatic rings. The number of fused-ring (bicyclic) bond motifs is 2. The molecule has 0 radical (unpaired) electrons. The first kappa shape index (κ1) is 16.0. The summed E-state index contributed by atoms with van der Waals surface area (Å²) in [4.78, 5) is 0. The average Bonchev–Trinajstić information content (AvgIpc) is 2.61. The van der Waals surface area contributed by atoms with Gasteiger partial charge in [0.25, 0.3) is 0 Å². The molecule has 0 bridgehead atoms. The Balaban J connectivity index is 2.18. The summed E-state index contributed by atoms with van der Waals surface area (Å²) in [6.07, 6.45) is 4.29. The van der Waals surface area contributed by atoms with E-state index in [0.29, 0.717) is 0 Å². The second kappa shape index (κ2) is 6.12. The topological polar surface area (TPSA) is 3.88 Å². The van der Waals surface area contributed by atoms with E-state index in [4.69, 9.17) is 0 Å². The molecule has 4 rings (SSSR count). The Hall–Kier alpha value is -2.45. The molecule has 124 valence electrons. The van der Waals surface area contributed by atoms with Crippen LogP contribution < -0.4 is 4.57 Å². The fraction of sp³-hybridized carbons (Fsp3) is 0.174. The number of rotatable bonds is 3. The Bertz CT molecular complexity index is 989. The van der Waals surface area contributed by atoms with Crippen molar-refractivity contribution >= 4 is 29.6 Å².